The third-order valence-electron chi connectivity index (χ3n) is 1.23. The molecule has 1 rings (SSSR count). The maximum absolute atomic E-state index is 5.32. The summed E-state index contributed by atoms with van der Waals surface area (Å²) >= 11 is 3.28. The quantitative estimate of drug-likeness (QED) is 0.721. The van der Waals surface area contributed by atoms with Crippen LogP contribution in [0.4, 0.5) is 0 Å². The van der Waals surface area contributed by atoms with Crippen molar-refractivity contribution in [3.63, 3.8) is 0 Å². The van der Waals surface area contributed by atoms with Gasteiger partial charge < -0.3 is 4.74 Å². The lowest BCUT2D eigenvalue weighted by Crippen LogP contribution is -2.08. The molecule has 1 heterocycles. The van der Waals surface area contributed by atoms with Gasteiger partial charge in [0.15, 0.2) is 6.10 Å². The predicted molar refractivity (Wildman–Crippen MR) is 50.9 cm³/mol. The largest absolute Gasteiger partial charge is 0.476 e. The van der Waals surface area contributed by atoms with Crippen LogP contribution in [0, 0.1) is 12.3 Å². The Bertz CT molecular complexity index is 306. The Kier molecular flexibility index (Phi) is 3.12. The number of ether oxygens (including phenoxy) is 1. The van der Waals surface area contributed by atoms with Gasteiger partial charge in [-0.15, -0.1) is 6.42 Å². The maximum Gasteiger partial charge on any atom is 0.156 e. The normalized spacial score (nSPS) is 11.8. The molecule has 0 aliphatic rings. The van der Waals surface area contributed by atoms with E-state index in [0.29, 0.717) is 5.75 Å². The molecule has 1 atom stereocenters. The Labute approximate surface area is 80.1 Å². The van der Waals surface area contributed by atoms with Crippen LogP contribution in [0.5, 0.6) is 5.75 Å². The van der Waals surface area contributed by atoms with E-state index in [9.17, 15) is 0 Å². The first kappa shape index (κ1) is 9.08. The Morgan fingerprint density at radius 3 is 3.00 bits per heavy atom. The molecule has 0 aromatic carbocycles. The zero-order chi connectivity index (χ0) is 8.97. The fourth-order valence-corrected chi connectivity index (χ4v) is 1.04. The van der Waals surface area contributed by atoms with E-state index in [0.717, 1.165) is 4.47 Å². The van der Waals surface area contributed by atoms with Gasteiger partial charge >= 0.3 is 0 Å². The van der Waals surface area contributed by atoms with E-state index in [1.807, 2.05) is 6.07 Å². The summed E-state index contributed by atoms with van der Waals surface area (Å²) in [5.74, 6) is 3.14. The summed E-state index contributed by atoms with van der Waals surface area (Å²) in [6.45, 7) is 1.81. The van der Waals surface area contributed by atoms with Crippen LogP contribution in [-0.4, -0.2) is 11.1 Å². The molecule has 0 N–H and O–H groups in total. The molecule has 1 aromatic heterocycles. The highest BCUT2D eigenvalue weighted by Gasteiger charge is 1.99. The van der Waals surface area contributed by atoms with E-state index in [2.05, 4.69) is 26.8 Å². The van der Waals surface area contributed by atoms with Crippen LogP contribution in [-0.2, 0) is 0 Å². The summed E-state index contributed by atoms with van der Waals surface area (Å²) in [7, 11) is 0. The van der Waals surface area contributed by atoms with Crippen LogP contribution < -0.4 is 4.74 Å². The molecular formula is C9H8BrNO. The summed E-state index contributed by atoms with van der Waals surface area (Å²) in [5, 5.41) is 0. The van der Waals surface area contributed by atoms with Crippen molar-refractivity contribution in [2.45, 2.75) is 13.0 Å². The van der Waals surface area contributed by atoms with E-state index in [1.54, 1.807) is 19.3 Å². The average molecular weight is 226 g/mol. The molecule has 62 valence electrons. The van der Waals surface area contributed by atoms with Gasteiger partial charge in [0.2, 0.25) is 0 Å². The van der Waals surface area contributed by atoms with Crippen molar-refractivity contribution in [2.75, 3.05) is 0 Å². The number of aromatic nitrogens is 1. The topological polar surface area (TPSA) is 22.1 Å². The number of pyridine rings is 1. The van der Waals surface area contributed by atoms with Gasteiger partial charge in [-0.2, -0.15) is 0 Å². The summed E-state index contributed by atoms with van der Waals surface area (Å²) in [6.07, 6.45) is 8.24. The molecule has 0 bridgehead atoms. The third kappa shape index (κ3) is 2.55. The molecular weight excluding hydrogens is 218 g/mol. The molecule has 0 saturated heterocycles. The minimum Gasteiger partial charge on any atom is -0.476 e. The fourth-order valence-electron chi connectivity index (χ4n) is 0.695. The number of rotatable bonds is 2. The second-order valence-electron chi connectivity index (χ2n) is 2.27. The van der Waals surface area contributed by atoms with Gasteiger partial charge in [0, 0.05) is 10.7 Å². The van der Waals surface area contributed by atoms with Gasteiger partial charge in [0.25, 0.3) is 0 Å². The smallest absolute Gasteiger partial charge is 0.156 e. The highest BCUT2D eigenvalue weighted by atomic mass is 79.9. The summed E-state index contributed by atoms with van der Waals surface area (Å²) in [5.41, 5.74) is 0. The van der Waals surface area contributed by atoms with Crippen molar-refractivity contribution in [1.82, 2.24) is 4.98 Å². The summed E-state index contributed by atoms with van der Waals surface area (Å²) in [6, 6.07) is 1.82. The van der Waals surface area contributed by atoms with Crippen molar-refractivity contribution in [2.24, 2.45) is 0 Å². The number of halogens is 1. The van der Waals surface area contributed by atoms with Gasteiger partial charge in [-0.1, -0.05) is 5.92 Å². The van der Waals surface area contributed by atoms with E-state index < -0.39 is 0 Å². The summed E-state index contributed by atoms with van der Waals surface area (Å²) < 4.78 is 6.19. The minimum atomic E-state index is -0.221. The molecule has 0 amide bonds. The lowest BCUT2D eigenvalue weighted by Gasteiger charge is -2.07. The van der Waals surface area contributed by atoms with Crippen LogP contribution in [0.15, 0.2) is 22.9 Å². The van der Waals surface area contributed by atoms with Crippen LogP contribution in [0.25, 0.3) is 0 Å². The van der Waals surface area contributed by atoms with Gasteiger partial charge in [-0.3, -0.25) is 4.98 Å². The fraction of sp³-hybridized carbons (Fsp3) is 0.222. The molecule has 0 saturated carbocycles. The molecule has 0 spiro atoms. The van der Waals surface area contributed by atoms with Gasteiger partial charge in [-0.05, 0) is 28.9 Å². The molecule has 1 aromatic rings. The monoisotopic (exact) mass is 225 g/mol. The van der Waals surface area contributed by atoms with Gasteiger partial charge in [-0.25, -0.2) is 0 Å². The van der Waals surface area contributed by atoms with Crippen LogP contribution in [0.3, 0.4) is 0 Å². The van der Waals surface area contributed by atoms with Crippen molar-refractivity contribution in [3.05, 3.63) is 22.9 Å². The molecule has 1 unspecified atom stereocenters. The number of nitrogens with zero attached hydrogens (tertiary/aromatic N) is 1. The van der Waals surface area contributed by atoms with Crippen LogP contribution in [0.1, 0.15) is 6.92 Å². The molecule has 0 fully saturated rings. The first-order valence-corrected chi connectivity index (χ1v) is 4.25. The third-order valence-corrected chi connectivity index (χ3v) is 1.66. The highest BCUT2D eigenvalue weighted by Crippen LogP contribution is 2.16. The number of hydrogen-bond donors (Lipinski definition) is 0. The van der Waals surface area contributed by atoms with Crippen molar-refractivity contribution >= 4 is 15.9 Å². The molecule has 12 heavy (non-hydrogen) atoms. The van der Waals surface area contributed by atoms with Crippen molar-refractivity contribution in [3.8, 4) is 18.1 Å². The van der Waals surface area contributed by atoms with E-state index in [1.165, 1.54) is 0 Å². The molecule has 3 heteroatoms. The standard InChI is InChI=1S/C9H8BrNO/c1-3-7(2)12-9-4-8(10)5-11-6-9/h1,4-7H,2H3. The molecule has 0 aliphatic heterocycles. The highest BCUT2D eigenvalue weighted by molar-refractivity contribution is 9.10. The number of terminal acetylenes is 1. The average Bonchev–Trinajstić information content (AvgIpc) is 2.04. The Hall–Kier alpha value is -1.01. The lowest BCUT2D eigenvalue weighted by molar-refractivity contribution is 0.278. The predicted octanol–water partition coefficient (Wildman–Crippen LogP) is 2.24. The van der Waals surface area contributed by atoms with Crippen molar-refractivity contribution in [1.29, 1.82) is 0 Å². The second kappa shape index (κ2) is 4.13. The van der Waals surface area contributed by atoms with E-state index >= 15 is 0 Å². The maximum atomic E-state index is 5.32. The molecule has 0 radical (unpaired) electrons. The van der Waals surface area contributed by atoms with Crippen molar-refractivity contribution < 1.29 is 4.74 Å². The Morgan fingerprint density at radius 2 is 2.42 bits per heavy atom. The Balaban J connectivity index is 2.71. The summed E-state index contributed by atoms with van der Waals surface area (Å²) in [4.78, 5) is 3.93. The SMILES string of the molecule is C#CC(C)Oc1cncc(Br)c1. The zero-order valence-corrected chi connectivity index (χ0v) is 8.21. The first-order valence-electron chi connectivity index (χ1n) is 3.45. The molecule has 0 aliphatic carbocycles. The van der Waals surface area contributed by atoms with Gasteiger partial charge in [0.1, 0.15) is 5.75 Å². The van der Waals surface area contributed by atoms with Crippen LogP contribution >= 0.6 is 15.9 Å². The van der Waals surface area contributed by atoms with Crippen LogP contribution in [0.2, 0.25) is 0 Å². The van der Waals surface area contributed by atoms with E-state index in [-0.39, 0.29) is 6.10 Å². The Morgan fingerprint density at radius 1 is 1.67 bits per heavy atom. The minimum absolute atomic E-state index is 0.221. The van der Waals surface area contributed by atoms with Gasteiger partial charge in [0.05, 0.1) is 6.20 Å². The molecule has 2 nitrogen and oxygen atoms in total. The second-order valence-corrected chi connectivity index (χ2v) is 3.18. The number of hydrogen-bond acceptors (Lipinski definition) is 2. The first-order chi connectivity index (χ1) is 5.72. The zero-order valence-electron chi connectivity index (χ0n) is 6.62. The lowest BCUT2D eigenvalue weighted by atomic mass is 10.4. The van der Waals surface area contributed by atoms with E-state index in [4.69, 9.17) is 11.2 Å².